The van der Waals surface area contributed by atoms with Crippen LogP contribution in [-0.2, 0) is 28.4 Å². The first-order chi connectivity index (χ1) is 7.59. The number of aromatic nitrogens is 3. The van der Waals surface area contributed by atoms with Gasteiger partial charge >= 0.3 is 0 Å². The minimum absolute atomic E-state index is 0.0797. The third-order valence-electron chi connectivity index (χ3n) is 2.73. The van der Waals surface area contributed by atoms with Crippen molar-refractivity contribution in [3.8, 4) is 0 Å². The molecule has 1 aliphatic rings. The van der Waals surface area contributed by atoms with Crippen LogP contribution in [0.15, 0.2) is 0 Å². The van der Waals surface area contributed by atoms with Gasteiger partial charge in [0.05, 0.1) is 22.9 Å². The summed E-state index contributed by atoms with van der Waals surface area (Å²) in [6, 6.07) is 0. The van der Waals surface area contributed by atoms with E-state index in [1.54, 1.807) is 4.52 Å². The van der Waals surface area contributed by atoms with Crippen LogP contribution in [-0.4, -0.2) is 28.8 Å². The molecule has 3 heterocycles. The van der Waals surface area contributed by atoms with Crippen LogP contribution in [0, 0.1) is 0 Å². The summed E-state index contributed by atoms with van der Waals surface area (Å²) in [7, 11) is -2.95. The Kier molecular flexibility index (Phi) is 2.09. The summed E-state index contributed by atoms with van der Waals surface area (Å²) < 4.78 is 24.8. The molecule has 0 amide bonds. The Morgan fingerprint density at radius 2 is 2.31 bits per heavy atom. The van der Waals surface area contributed by atoms with Gasteiger partial charge in [0, 0.05) is 6.42 Å². The van der Waals surface area contributed by atoms with E-state index in [9.17, 15) is 8.42 Å². The molecule has 0 saturated carbocycles. The molecule has 0 aliphatic carbocycles. The van der Waals surface area contributed by atoms with E-state index in [1.165, 1.54) is 11.3 Å². The zero-order valence-electron chi connectivity index (χ0n) is 8.80. The van der Waals surface area contributed by atoms with E-state index in [0.717, 1.165) is 27.8 Å². The van der Waals surface area contributed by atoms with Crippen LogP contribution >= 0.6 is 11.3 Å². The zero-order valence-corrected chi connectivity index (χ0v) is 10.4. The number of imidazole rings is 1. The van der Waals surface area contributed by atoms with E-state index in [2.05, 4.69) is 10.1 Å². The first kappa shape index (κ1) is 10.2. The van der Waals surface area contributed by atoms with E-state index in [4.69, 9.17) is 0 Å². The molecule has 0 unspecified atom stereocenters. The molecule has 3 rings (SSSR count). The third kappa shape index (κ3) is 1.46. The highest BCUT2D eigenvalue weighted by atomic mass is 32.2. The van der Waals surface area contributed by atoms with Gasteiger partial charge in [0.2, 0.25) is 4.96 Å². The summed E-state index contributed by atoms with van der Waals surface area (Å²) in [5.74, 6) is 0.294. The molecule has 0 radical (unpaired) electrons. The van der Waals surface area contributed by atoms with E-state index >= 15 is 0 Å². The second kappa shape index (κ2) is 3.27. The second-order valence-electron chi connectivity index (χ2n) is 3.89. The second-order valence-corrected chi connectivity index (χ2v) is 7.12. The minimum Gasteiger partial charge on any atom is -0.228 e. The fourth-order valence-corrected chi connectivity index (χ4v) is 4.12. The van der Waals surface area contributed by atoms with Crippen LogP contribution in [0.4, 0.5) is 0 Å². The van der Waals surface area contributed by atoms with Crippen molar-refractivity contribution in [3.05, 3.63) is 16.4 Å². The highest BCUT2D eigenvalue weighted by Gasteiger charge is 2.27. The maximum Gasteiger partial charge on any atom is 0.212 e. The average molecular weight is 257 g/mol. The molecular formula is C9H11N3O2S2. The highest BCUT2D eigenvalue weighted by Crippen LogP contribution is 2.24. The maximum atomic E-state index is 11.6. The molecule has 2 aromatic rings. The van der Waals surface area contributed by atoms with Crippen molar-refractivity contribution in [1.29, 1.82) is 0 Å². The van der Waals surface area contributed by atoms with Gasteiger partial charge < -0.3 is 0 Å². The molecule has 0 atom stereocenters. The summed E-state index contributed by atoms with van der Waals surface area (Å²) in [5, 5.41) is 5.37. The van der Waals surface area contributed by atoms with Gasteiger partial charge in [-0.15, -0.1) is 0 Å². The molecule has 5 nitrogen and oxygen atoms in total. The Balaban J connectivity index is 2.22. The van der Waals surface area contributed by atoms with Crippen LogP contribution in [0.2, 0.25) is 0 Å². The SMILES string of the molecule is CCc1nn2c3c(nc2s1)CCS(=O)(=O)C3. The molecule has 0 saturated heterocycles. The van der Waals surface area contributed by atoms with Crippen molar-refractivity contribution in [2.45, 2.75) is 25.5 Å². The summed E-state index contributed by atoms with van der Waals surface area (Å²) in [6.07, 6.45) is 1.38. The first-order valence-electron chi connectivity index (χ1n) is 5.15. The molecule has 0 N–H and O–H groups in total. The minimum atomic E-state index is -2.95. The number of fused-ring (bicyclic) bond motifs is 3. The molecule has 7 heteroatoms. The lowest BCUT2D eigenvalue weighted by atomic mass is 10.3. The van der Waals surface area contributed by atoms with Crippen LogP contribution in [0.5, 0.6) is 0 Å². The fraction of sp³-hybridized carbons (Fsp3) is 0.556. The lowest BCUT2D eigenvalue weighted by Gasteiger charge is -2.10. The molecule has 2 aromatic heterocycles. The Labute approximate surface area is 97.0 Å². The van der Waals surface area contributed by atoms with E-state index in [0.29, 0.717) is 6.42 Å². The Morgan fingerprint density at radius 1 is 1.50 bits per heavy atom. The molecule has 86 valence electrons. The third-order valence-corrected chi connectivity index (χ3v) is 5.32. The molecule has 16 heavy (non-hydrogen) atoms. The van der Waals surface area contributed by atoms with Gasteiger partial charge in [-0.2, -0.15) is 5.10 Å². The van der Waals surface area contributed by atoms with Crippen LogP contribution in [0.3, 0.4) is 0 Å². The smallest absolute Gasteiger partial charge is 0.212 e. The van der Waals surface area contributed by atoms with Crippen molar-refractivity contribution in [2.75, 3.05) is 5.75 Å². The molecular weight excluding hydrogens is 246 g/mol. The number of nitrogens with zero attached hydrogens (tertiary/aromatic N) is 3. The Hall–Kier alpha value is -0.950. The predicted molar refractivity (Wildman–Crippen MR) is 61.4 cm³/mol. The van der Waals surface area contributed by atoms with Crippen molar-refractivity contribution in [1.82, 2.24) is 14.6 Å². The standard InChI is InChI=1S/C9H11N3O2S2/c1-2-8-11-12-7-5-16(13,14)4-3-6(7)10-9(12)15-8/h2-5H2,1H3. The van der Waals surface area contributed by atoms with Crippen molar-refractivity contribution in [3.63, 3.8) is 0 Å². The van der Waals surface area contributed by atoms with Crippen LogP contribution in [0.1, 0.15) is 23.3 Å². The van der Waals surface area contributed by atoms with Crippen LogP contribution < -0.4 is 0 Å². The molecule has 0 spiro atoms. The number of hydrogen-bond donors (Lipinski definition) is 0. The molecule has 0 fully saturated rings. The largest absolute Gasteiger partial charge is 0.228 e. The van der Waals surface area contributed by atoms with E-state index in [-0.39, 0.29) is 11.5 Å². The monoisotopic (exact) mass is 257 g/mol. The van der Waals surface area contributed by atoms with E-state index in [1.807, 2.05) is 6.92 Å². The molecule has 1 aliphatic heterocycles. The lowest BCUT2D eigenvalue weighted by molar-refractivity contribution is 0.589. The van der Waals surface area contributed by atoms with Crippen LogP contribution in [0.25, 0.3) is 4.96 Å². The Morgan fingerprint density at radius 3 is 3.06 bits per heavy atom. The molecule has 0 aromatic carbocycles. The lowest BCUT2D eigenvalue weighted by Crippen LogP contribution is -2.20. The van der Waals surface area contributed by atoms with Gasteiger partial charge in [0.15, 0.2) is 9.84 Å². The van der Waals surface area contributed by atoms with Gasteiger partial charge in [-0.05, 0) is 6.42 Å². The number of aryl methyl sites for hydroxylation is 2. The van der Waals surface area contributed by atoms with Crippen molar-refractivity contribution in [2.24, 2.45) is 0 Å². The van der Waals surface area contributed by atoms with Crippen molar-refractivity contribution >= 4 is 26.1 Å². The van der Waals surface area contributed by atoms with Gasteiger partial charge in [0.25, 0.3) is 0 Å². The Bertz CT molecular complexity index is 654. The summed E-state index contributed by atoms with van der Waals surface area (Å²) in [5.41, 5.74) is 1.66. The number of rotatable bonds is 1. The van der Waals surface area contributed by atoms with Gasteiger partial charge in [-0.3, -0.25) is 0 Å². The average Bonchev–Trinajstić information content (AvgIpc) is 2.74. The summed E-state index contributed by atoms with van der Waals surface area (Å²) >= 11 is 1.54. The normalized spacial score (nSPS) is 18.8. The maximum absolute atomic E-state index is 11.6. The van der Waals surface area contributed by atoms with Gasteiger partial charge in [-0.1, -0.05) is 18.3 Å². The van der Waals surface area contributed by atoms with Gasteiger partial charge in [0.1, 0.15) is 5.01 Å². The zero-order chi connectivity index (χ0) is 11.3. The number of hydrogen-bond acceptors (Lipinski definition) is 5. The van der Waals surface area contributed by atoms with Crippen molar-refractivity contribution < 1.29 is 8.42 Å². The summed E-state index contributed by atoms with van der Waals surface area (Å²) in [4.78, 5) is 5.26. The quantitative estimate of drug-likeness (QED) is 0.759. The topological polar surface area (TPSA) is 64.3 Å². The highest BCUT2D eigenvalue weighted by molar-refractivity contribution is 7.90. The molecule has 0 bridgehead atoms. The summed E-state index contributed by atoms with van der Waals surface area (Å²) in [6.45, 7) is 2.03. The fourth-order valence-electron chi connectivity index (χ4n) is 1.89. The van der Waals surface area contributed by atoms with Gasteiger partial charge in [-0.25, -0.2) is 17.9 Å². The predicted octanol–water partition coefficient (Wildman–Crippen LogP) is 0.824. The first-order valence-corrected chi connectivity index (χ1v) is 7.79. The van der Waals surface area contributed by atoms with E-state index < -0.39 is 9.84 Å². The number of sulfone groups is 1.